The normalized spacial score (nSPS) is 24.2. The Bertz CT molecular complexity index is 423. The zero-order valence-electron chi connectivity index (χ0n) is 11.0. The summed E-state index contributed by atoms with van der Waals surface area (Å²) in [6, 6.07) is 1.11. The first-order valence-electron chi connectivity index (χ1n) is 6.70. The molecular formula is C13H20N4O. The predicted molar refractivity (Wildman–Crippen MR) is 70.0 cm³/mol. The van der Waals surface area contributed by atoms with Crippen LogP contribution >= 0.6 is 0 Å². The smallest absolute Gasteiger partial charge is 0.257 e. The Hall–Kier alpha value is -1.36. The van der Waals surface area contributed by atoms with Crippen molar-refractivity contribution >= 4 is 5.82 Å². The minimum Gasteiger partial charge on any atom is -0.475 e. The summed E-state index contributed by atoms with van der Waals surface area (Å²) in [4.78, 5) is 13.6. The number of fused-ring (bicyclic) bond motifs is 3. The molecule has 1 aromatic rings. The Balaban J connectivity index is 1.86. The molecule has 1 aromatic heterocycles. The Morgan fingerprint density at radius 2 is 2.11 bits per heavy atom. The van der Waals surface area contributed by atoms with E-state index < -0.39 is 0 Å². The standard InChI is InChI=1S/C13H20N4O/c1-10(2)16-6-7-17-11(9-16)3-8-18-13-12(17)14-4-5-15-13/h4-5,10-11H,3,6-9H2,1-2H3. The molecule has 0 N–H and O–H groups in total. The minimum absolute atomic E-state index is 0.499. The van der Waals surface area contributed by atoms with Crippen LogP contribution < -0.4 is 9.64 Å². The maximum atomic E-state index is 5.70. The van der Waals surface area contributed by atoms with Gasteiger partial charge in [-0.1, -0.05) is 0 Å². The number of hydrogen-bond acceptors (Lipinski definition) is 5. The van der Waals surface area contributed by atoms with Crippen LogP contribution in [-0.2, 0) is 0 Å². The van der Waals surface area contributed by atoms with Gasteiger partial charge in [0.05, 0.1) is 6.61 Å². The molecule has 98 valence electrons. The molecule has 5 nitrogen and oxygen atoms in total. The molecule has 1 fully saturated rings. The minimum atomic E-state index is 0.499. The van der Waals surface area contributed by atoms with Crippen LogP contribution in [0.4, 0.5) is 5.82 Å². The Morgan fingerprint density at radius 1 is 1.28 bits per heavy atom. The maximum absolute atomic E-state index is 5.70. The van der Waals surface area contributed by atoms with Gasteiger partial charge in [-0.05, 0) is 13.8 Å². The van der Waals surface area contributed by atoms with E-state index >= 15 is 0 Å². The van der Waals surface area contributed by atoms with Gasteiger partial charge in [-0.25, -0.2) is 9.97 Å². The van der Waals surface area contributed by atoms with Crippen molar-refractivity contribution in [2.24, 2.45) is 0 Å². The van der Waals surface area contributed by atoms with Gasteiger partial charge in [-0.2, -0.15) is 0 Å². The quantitative estimate of drug-likeness (QED) is 0.746. The molecule has 2 aliphatic heterocycles. The average molecular weight is 248 g/mol. The number of aromatic nitrogens is 2. The third kappa shape index (κ3) is 2.03. The van der Waals surface area contributed by atoms with Crippen LogP contribution in [0.15, 0.2) is 12.4 Å². The molecule has 3 heterocycles. The summed E-state index contributed by atoms with van der Waals surface area (Å²) in [5, 5.41) is 0. The SMILES string of the molecule is CC(C)N1CCN2c3nccnc3OCCC2C1. The first kappa shape index (κ1) is 11.7. The second kappa shape index (κ2) is 4.72. The molecule has 2 aliphatic rings. The summed E-state index contributed by atoms with van der Waals surface area (Å²) >= 11 is 0. The Labute approximate surface area is 108 Å². The first-order chi connectivity index (χ1) is 8.75. The monoisotopic (exact) mass is 248 g/mol. The van der Waals surface area contributed by atoms with Gasteiger partial charge in [0.1, 0.15) is 0 Å². The topological polar surface area (TPSA) is 41.5 Å². The summed E-state index contributed by atoms with van der Waals surface area (Å²) in [6.07, 6.45) is 4.49. The molecule has 1 atom stereocenters. The third-order valence-corrected chi connectivity index (χ3v) is 3.85. The zero-order chi connectivity index (χ0) is 12.5. The second-order valence-corrected chi connectivity index (χ2v) is 5.26. The lowest BCUT2D eigenvalue weighted by molar-refractivity contribution is 0.172. The van der Waals surface area contributed by atoms with E-state index in [1.807, 2.05) is 0 Å². The van der Waals surface area contributed by atoms with Crippen LogP contribution in [0.5, 0.6) is 5.88 Å². The average Bonchev–Trinajstić information content (AvgIpc) is 2.57. The number of ether oxygens (including phenoxy) is 1. The van der Waals surface area contributed by atoms with Gasteiger partial charge in [-0.15, -0.1) is 0 Å². The van der Waals surface area contributed by atoms with Crippen LogP contribution in [0.1, 0.15) is 20.3 Å². The highest BCUT2D eigenvalue weighted by Gasteiger charge is 2.32. The molecule has 0 spiro atoms. The van der Waals surface area contributed by atoms with Gasteiger partial charge in [-0.3, -0.25) is 4.90 Å². The predicted octanol–water partition coefficient (Wildman–Crippen LogP) is 1.16. The van der Waals surface area contributed by atoms with E-state index in [2.05, 4.69) is 33.6 Å². The Morgan fingerprint density at radius 3 is 2.94 bits per heavy atom. The number of anilines is 1. The van der Waals surface area contributed by atoms with Gasteiger partial charge >= 0.3 is 0 Å². The summed E-state index contributed by atoms with van der Waals surface area (Å²) < 4.78 is 5.70. The van der Waals surface area contributed by atoms with Crippen molar-refractivity contribution in [1.82, 2.24) is 14.9 Å². The van der Waals surface area contributed by atoms with Crippen molar-refractivity contribution in [3.8, 4) is 5.88 Å². The van der Waals surface area contributed by atoms with Crippen LogP contribution in [-0.4, -0.2) is 53.2 Å². The fourth-order valence-corrected chi connectivity index (χ4v) is 2.78. The Kier molecular flexibility index (Phi) is 3.07. The second-order valence-electron chi connectivity index (χ2n) is 5.26. The van der Waals surface area contributed by atoms with Crippen molar-refractivity contribution in [3.05, 3.63) is 12.4 Å². The molecule has 0 aliphatic carbocycles. The number of piperazine rings is 1. The molecule has 0 aromatic carbocycles. The number of nitrogens with zero attached hydrogens (tertiary/aromatic N) is 4. The van der Waals surface area contributed by atoms with Crippen LogP contribution in [0.25, 0.3) is 0 Å². The van der Waals surface area contributed by atoms with E-state index in [0.717, 1.165) is 38.5 Å². The van der Waals surface area contributed by atoms with E-state index in [-0.39, 0.29) is 0 Å². The fourth-order valence-electron chi connectivity index (χ4n) is 2.78. The molecular weight excluding hydrogens is 228 g/mol. The molecule has 0 radical (unpaired) electrons. The lowest BCUT2D eigenvalue weighted by atomic mass is 10.1. The molecule has 1 saturated heterocycles. The molecule has 18 heavy (non-hydrogen) atoms. The van der Waals surface area contributed by atoms with Gasteiger partial charge < -0.3 is 9.64 Å². The van der Waals surface area contributed by atoms with E-state index in [0.29, 0.717) is 18.0 Å². The summed E-state index contributed by atoms with van der Waals surface area (Å²) in [6.45, 7) is 8.45. The van der Waals surface area contributed by atoms with Crippen molar-refractivity contribution in [1.29, 1.82) is 0 Å². The maximum Gasteiger partial charge on any atom is 0.257 e. The molecule has 1 unspecified atom stereocenters. The van der Waals surface area contributed by atoms with Crippen LogP contribution in [0.3, 0.4) is 0 Å². The third-order valence-electron chi connectivity index (χ3n) is 3.85. The molecule has 5 heteroatoms. The highest BCUT2D eigenvalue weighted by atomic mass is 16.5. The number of hydrogen-bond donors (Lipinski definition) is 0. The molecule has 0 amide bonds. The van der Waals surface area contributed by atoms with Gasteiger partial charge in [0.25, 0.3) is 5.88 Å². The summed E-state index contributed by atoms with van der Waals surface area (Å²) in [5.74, 6) is 1.61. The largest absolute Gasteiger partial charge is 0.475 e. The first-order valence-corrected chi connectivity index (χ1v) is 6.70. The van der Waals surface area contributed by atoms with Crippen molar-refractivity contribution < 1.29 is 4.74 Å². The molecule has 0 saturated carbocycles. The lowest BCUT2D eigenvalue weighted by Crippen LogP contribution is -2.55. The number of rotatable bonds is 1. The van der Waals surface area contributed by atoms with E-state index in [1.165, 1.54) is 0 Å². The van der Waals surface area contributed by atoms with E-state index in [1.54, 1.807) is 12.4 Å². The van der Waals surface area contributed by atoms with Crippen molar-refractivity contribution in [2.45, 2.75) is 32.4 Å². The van der Waals surface area contributed by atoms with Crippen molar-refractivity contribution in [2.75, 3.05) is 31.1 Å². The van der Waals surface area contributed by atoms with E-state index in [9.17, 15) is 0 Å². The molecule has 3 rings (SSSR count). The summed E-state index contributed by atoms with van der Waals surface area (Å²) in [7, 11) is 0. The fraction of sp³-hybridized carbons (Fsp3) is 0.692. The molecule has 0 bridgehead atoms. The van der Waals surface area contributed by atoms with Crippen LogP contribution in [0.2, 0.25) is 0 Å². The van der Waals surface area contributed by atoms with Gasteiger partial charge in [0.2, 0.25) is 0 Å². The van der Waals surface area contributed by atoms with Gasteiger partial charge in [0, 0.05) is 50.5 Å². The van der Waals surface area contributed by atoms with Crippen molar-refractivity contribution in [3.63, 3.8) is 0 Å². The highest BCUT2D eigenvalue weighted by Crippen LogP contribution is 2.30. The highest BCUT2D eigenvalue weighted by molar-refractivity contribution is 5.50. The van der Waals surface area contributed by atoms with E-state index in [4.69, 9.17) is 4.74 Å². The van der Waals surface area contributed by atoms with Crippen LogP contribution in [0, 0.1) is 0 Å². The van der Waals surface area contributed by atoms with Gasteiger partial charge in [0.15, 0.2) is 5.82 Å². The zero-order valence-corrected chi connectivity index (χ0v) is 11.0. The summed E-state index contributed by atoms with van der Waals surface area (Å²) in [5.41, 5.74) is 0. The lowest BCUT2D eigenvalue weighted by Gasteiger charge is -2.42.